The Bertz CT molecular complexity index is 606. The highest BCUT2D eigenvalue weighted by Gasteiger charge is 2.39. The third kappa shape index (κ3) is 3.82. The van der Waals surface area contributed by atoms with Gasteiger partial charge in [-0.05, 0) is 50.3 Å². The number of nitrogens with one attached hydrogen (secondary N) is 1. The zero-order chi connectivity index (χ0) is 17.4. The second kappa shape index (κ2) is 6.96. The minimum Gasteiger partial charge on any atom is -0.393 e. The van der Waals surface area contributed by atoms with E-state index in [9.17, 15) is 9.90 Å². The van der Waals surface area contributed by atoms with Crippen LogP contribution < -0.4 is 10.2 Å². The Hall–Kier alpha value is -1.59. The fraction of sp³-hybridized carbons (Fsp3) is 0.650. The molecular weight excluding hydrogens is 314 g/mol. The summed E-state index contributed by atoms with van der Waals surface area (Å²) in [6.07, 6.45) is 4.57. The molecule has 25 heavy (non-hydrogen) atoms. The molecule has 1 aliphatic carbocycles. The Labute approximate surface area is 150 Å². The standard InChI is InChI=1S/C20H29N3O2/c1-14(21-16-12-20(25)23(13-16)18-6-7-18)15-2-4-17(5-3-15)22-10-8-19(24)9-11-22/h2-5,14,16,18-19,21,24H,6-13H2,1H3. The molecule has 4 rings (SSSR count). The minimum absolute atomic E-state index is 0.135. The molecule has 1 aromatic rings. The summed E-state index contributed by atoms with van der Waals surface area (Å²) in [5, 5.41) is 13.3. The van der Waals surface area contributed by atoms with Crippen LogP contribution in [0.15, 0.2) is 24.3 Å². The number of hydrogen-bond donors (Lipinski definition) is 2. The predicted molar refractivity (Wildman–Crippen MR) is 98.6 cm³/mol. The van der Waals surface area contributed by atoms with Crippen LogP contribution in [0.25, 0.3) is 0 Å². The van der Waals surface area contributed by atoms with Gasteiger partial charge in [-0.15, -0.1) is 0 Å². The number of rotatable bonds is 5. The molecule has 0 radical (unpaired) electrons. The van der Waals surface area contributed by atoms with Gasteiger partial charge in [-0.2, -0.15) is 0 Å². The molecule has 2 unspecified atom stereocenters. The molecular formula is C20H29N3O2. The van der Waals surface area contributed by atoms with E-state index in [-0.39, 0.29) is 18.2 Å². The number of aliphatic hydroxyl groups is 1. The molecule has 2 saturated heterocycles. The highest BCUT2D eigenvalue weighted by atomic mass is 16.3. The number of benzene rings is 1. The summed E-state index contributed by atoms with van der Waals surface area (Å²) in [5.74, 6) is 0.315. The Balaban J connectivity index is 1.33. The lowest BCUT2D eigenvalue weighted by Crippen LogP contribution is -2.36. The largest absolute Gasteiger partial charge is 0.393 e. The summed E-state index contributed by atoms with van der Waals surface area (Å²) >= 11 is 0. The third-order valence-electron chi connectivity index (χ3n) is 5.85. The van der Waals surface area contributed by atoms with Crippen LogP contribution >= 0.6 is 0 Å². The summed E-state index contributed by atoms with van der Waals surface area (Å²) in [6.45, 7) is 4.89. The normalized spacial score (nSPS) is 26.3. The number of likely N-dealkylation sites (tertiary alicyclic amines) is 1. The van der Waals surface area contributed by atoms with Crippen LogP contribution in [0.3, 0.4) is 0 Å². The quantitative estimate of drug-likeness (QED) is 0.859. The maximum absolute atomic E-state index is 12.1. The van der Waals surface area contributed by atoms with Crippen LogP contribution in [0.4, 0.5) is 5.69 Å². The van der Waals surface area contributed by atoms with E-state index in [2.05, 4.69) is 46.3 Å². The maximum Gasteiger partial charge on any atom is 0.224 e. The lowest BCUT2D eigenvalue weighted by Gasteiger charge is -2.31. The van der Waals surface area contributed by atoms with E-state index in [0.717, 1.165) is 32.5 Å². The summed E-state index contributed by atoms with van der Waals surface area (Å²) in [4.78, 5) is 16.5. The second-order valence-corrected chi connectivity index (χ2v) is 7.88. The Morgan fingerprint density at radius 1 is 1.12 bits per heavy atom. The summed E-state index contributed by atoms with van der Waals surface area (Å²) < 4.78 is 0. The van der Waals surface area contributed by atoms with Crippen LogP contribution in [0.5, 0.6) is 0 Å². The summed E-state index contributed by atoms with van der Waals surface area (Å²) in [5.41, 5.74) is 2.50. The van der Waals surface area contributed by atoms with Crippen LogP contribution in [-0.4, -0.2) is 53.7 Å². The van der Waals surface area contributed by atoms with E-state index in [1.165, 1.54) is 24.1 Å². The predicted octanol–water partition coefficient (Wildman–Crippen LogP) is 2.06. The van der Waals surface area contributed by atoms with E-state index < -0.39 is 0 Å². The van der Waals surface area contributed by atoms with Crippen molar-refractivity contribution in [1.29, 1.82) is 0 Å². The number of carbonyl (C=O) groups is 1. The molecule has 3 aliphatic rings. The molecule has 5 heteroatoms. The fourth-order valence-electron chi connectivity index (χ4n) is 4.13. The van der Waals surface area contributed by atoms with Gasteiger partial charge < -0.3 is 20.2 Å². The maximum atomic E-state index is 12.1. The highest BCUT2D eigenvalue weighted by Crippen LogP contribution is 2.31. The number of hydrogen-bond acceptors (Lipinski definition) is 4. The second-order valence-electron chi connectivity index (χ2n) is 7.88. The van der Waals surface area contributed by atoms with Gasteiger partial charge >= 0.3 is 0 Å². The van der Waals surface area contributed by atoms with Gasteiger partial charge in [-0.3, -0.25) is 4.79 Å². The molecule has 1 amide bonds. The number of anilines is 1. The van der Waals surface area contributed by atoms with Gasteiger partial charge in [0.25, 0.3) is 0 Å². The van der Waals surface area contributed by atoms with E-state index in [1.807, 2.05) is 0 Å². The first-order valence-electron chi connectivity index (χ1n) is 9.68. The van der Waals surface area contributed by atoms with Crippen molar-refractivity contribution in [2.45, 2.75) is 63.3 Å². The van der Waals surface area contributed by atoms with Gasteiger partial charge in [0.05, 0.1) is 6.10 Å². The smallest absolute Gasteiger partial charge is 0.224 e. The zero-order valence-corrected chi connectivity index (χ0v) is 15.0. The highest BCUT2D eigenvalue weighted by molar-refractivity contribution is 5.80. The molecule has 1 saturated carbocycles. The molecule has 5 nitrogen and oxygen atoms in total. The monoisotopic (exact) mass is 343 g/mol. The number of nitrogens with zero attached hydrogens (tertiary/aromatic N) is 2. The molecule has 2 aliphatic heterocycles. The first-order valence-corrected chi connectivity index (χ1v) is 9.68. The molecule has 3 fully saturated rings. The molecule has 2 heterocycles. The van der Waals surface area contributed by atoms with Crippen molar-refractivity contribution in [3.8, 4) is 0 Å². The van der Waals surface area contributed by atoms with Gasteiger partial charge in [0.1, 0.15) is 0 Å². The van der Waals surface area contributed by atoms with Gasteiger partial charge in [0.2, 0.25) is 5.91 Å². The first kappa shape index (κ1) is 16.9. The molecule has 2 atom stereocenters. The summed E-state index contributed by atoms with van der Waals surface area (Å²) in [7, 11) is 0. The molecule has 136 valence electrons. The third-order valence-corrected chi connectivity index (χ3v) is 5.85. The number of piperidine rings is 1. The lowest BCUT2D eigenvalue weighted by atomic mass is 10.0. The van der Waals surface area contributed by atoms with Crippen LogP contribution in [-0.2, 0) is 4.79 Å². The average Bonchev–Trinajstić information content (AvgIpc) is 3.39. The zero-order valence-electron chi connectivity index (χ0n) is 15.0. The lowest BCUT2D eigenvalue weighted by molar-refractivity contribution is -0.128. The molecule has 0 spiro atoms. The van der Waals surface area contributed by atoms with Gasteiger partial charge in [0, 0.05) is 49.9 Å². The number of aliphatic hydroxyl groups excluding tert-OH is 1. The van der Waals surface area contributed by atoms with E-state index in [0.29, 0.717) is 18.4 Å². The minimum atomic E-state index is -0.135. The fourth-order valence-corrected chi connectivity index (χ4v) is 4.13. The molecule has 1 aromatic carbocycles. The van der Waals surface area contributed by atoms with Crippen molar-refractivity contribution in [2.75, 3.05) is 24.5 Å². The van der Waals surface area contributed by atoms with Crippen molar-refractivity contribution in [3.05, 3.63) is 29.8 Å². The van der Waals surface area contributed by atoms with Crippen molar-refractivity contribution >= 4 is 11.6 Å². The number of amides is 1. The van der Waals surface area contributed by atoms with E-state index in [1.54, 1.807) is 0 Å². The number of carbonyl (C=O) groups excluding carboxylic acids is 1. The summed E-state index contributed by atoms with van der Waals surface area (Å²) in [6, 6.07) is 9.78. The van der Waals surface area contributed by atoms with Crippen LogP contribution in [0, 0.1) is 0 Å². The molecule has 0 aromatic heterocycles. The van der Waals surface area contributed by atoms with Crippen molar-refractivity contribution in [3.63, 3.8) is 0 Å². The Kier molecular flexibility index (Phi) is 4.69. The van der Waals surface area contributed by atoms with Crippen molar-refractivity contribution < 1.29 is 9.90 Å². The van der Waals surface area contributed by atoms with Crippen molar-refractivity contribution in [2.24, 2.45) is 0 Å². The topological polar surface area (TPSA) is 55.8 Å². The van der Waals surface area contributed by atoms with Crippen molar-refractivity contribution in [1.82, 2.24) is 10.2 Å². The molecule has 2 N–H and O–H groups in total. The van der Waals surface area contributed by atoms with Crippen LogP contribution in [0.2, 0.25) is 0 Å². The Morgan fingerprint density at radius 2 is 1.80 bits per heavy atom. The van der Waals surface area contributed by atoms with Crippen LogP contribution in [0.1, 0.15) is 50.6 Å². The first-order chi connectivity index (χ1) is 12.1. The molecule has 0 bridgehead atoms. The van der Waals surface area contributed by atoms with Gasteiger partial charge in [-0.1, -0.05) is 12.1 Å². The van der Waals surface area contributed by atoms with E-state index in [4.69, 9.17) is 0 Å². The van der Waals surface area contributed by atoms with Gasteiger partial charge in [-0.25, -0.2) is 0 Å². The van der Waals surface area contributed by atoms with E-state index >= 15 is 0 Å². The Morgan fingerprint density at radius 3 is 2.44 bits per heavy atom. The SMILES string of the molecule is CC(NC1CC(=O)N(C2CC2)C1)c1ccc(N2CCC(O)CC2)cc1. The van der Waals surface area contributed by atoms with Gasteiger partial charge in [0.15, 0.2) is 0 Å². The average molecular weight is 343 g/mol.